The fraction of sp³-hybridized carbons (Fsp3) is 0.182. The van der Waals surface area contributed by atoms with Crippen LogP contribution in [0.1, 0.15) is 22.3 Å². The summed E-state index contributed by atoms with van der Waals surface area (Å²) in [6.07, 6.45) is 2.87. The molecule has 2 N–H and O–H groups in total. The monoisotopic (exact) mass is 563 g/mol. The second kappa shape index (κ2) is 9.14. The van der Waals surface area contributed by atoms with Gasteiger partial charge in [-0.1, -0.05) is 6.07 Å². The number of methoxy groups -OCH3 is 1. The van der Waals surface area contributed by atoms with Crippen LogP contribution in [-0.4, -0.2) is 34.9 Å². The van der Waals surface area contributed by atoms with E-state index in [2.05, 4.69) is 26.7 Å². The van der Waals surface area contributed by atoms with Crippen LogP contribution in [0.25, 0.3) is 11.1 Å². The zero-order valence-corrected chi connectivity index (χ0v) is 19.3. The third-order valence-electron chi connectivity index (χ3n) is 5.01. The standard InChI is InChI=1S/C22H16F2IN5O3/c1-32-18-7-13(20(31)30-19-8-22(19,23)24)4-5-16(18)29-21-27-10-15(11-28-21)12-2-3-14(9-26)17(6-12)33-25/h2-7,10-11,19H,8H2,1H3,(H,30,31)(H,27,28,29). The highest BCUT2D eigenvalue weighted by Gasteiger charge is 2.57. The van der Waals surface area contributed by atoms with E-state index in [0.29, 0.717) is 22.7 Å². The highest BCUT2D eigenvalue weighted by molar-refractivity contribution is 14.1. The van der Waals surface area contributed by atoms with Crippen LogP contribution >= 0.6 is 23.0 Å². The largest absolute Gasteiger partial charge is 0.495 e. The van der Waals surface area contributed by atoms with Gasteiger partial charge in [0.15, 0.2) is 28.8 Å². The number of anilines is 2. The maximum Gasteiger partial charge on any atom is 0.270 e. The fourth-order valence-electron chi connectivity index (χ4n) is 3.07. The molecule has 2 aromatic carbocycles. The molecule has 0 spiro atoms. The third-order valence-corrected chi connectivity index (χ3v) is 5.49. The first-order valence-electron chi connectivity index (χ1n) is 9.63. The van der Waals surface area contributed by atoms with E-state index in [0.717, 1.165) is 11.1 Å². The average molecular weight is 563 g/mol. The topological polar surface area (TPSA) is 109 Å². The zero-order valence-electron chi connectivity index (χ0n) is 17.1. The lowest BCUT2D eigenvalue weighted by atomic mass is 10.1. The maximum atomic E-state index is 13.1. The summed E-state index contributed by atoms with van der Waals surface area (Å²) in [4.78, 5) is 20.8. The lowest BCUT2D eigenvalue weighted by molar-refractivity contribution is 0.0849. The van der Waals surface area contributed by atoms with E-state index in [1.54, 1.807) is 59.7 Å². The summed E-state index contributed by atoms with van der Waals surface area (Å²) in [6, 6.07) is 10.6. The van der Waals surface area contributed by atoms with Crippen LogP contribution in [0.2, 0.25) is 0 Å². The number of rotatable bonds is 7. The molecule has 8 nitrogen and oxygen atoms in total. The van der Waals surface area contributed by atoms with E-state index in [1.165, 1.54) is 19.2 Å². The average Bonchev–Trinajstić information content (AvgIpc) is 3.44. The second-order valence-corrected chi connectivity index (χ2v) is 7.67. The predicted octanol–water partition coefficient (Wildman–Crippen LogP) is 4.63. The van der Waals surface area contributed by atoms with Gasteiger partial charge in [0, 0.05) is 29.9 Å². The first-order chi connectivity index (χ1) is 15.8. The van der Waals surface area contributed by atoms with Gasteiger partial charge in [0.25, 0.3) is 11.8 Å². The molecule has 1 fully saturated rings. The smallest absolute Gasteiger partial charge is 0.270 e. The molecule has 1 aliphatic rings. The number of aromatic nitrogens is 2. The number of benzene rings is 2. The molecule has 1 aliphatic carbocycles. The fourth-order valence-corrected chi connectivity index (χ4v) is 3.43. The van der Waals surface area contributed by atoms with Gasteiger partial charge in [-0.3, -0.25) is 4.79 Å². The summed E-state index contributed by atoms with van der Waals surface area (Å²) >= 11 is 1.72. The van der Waals surface area contributed by atoms with Crippen LogP contribution in [0.4, 0.5) is 20.4 Å². The molecule has 0 saturated heterocycles. The highest BCUT2D eigenvalue weighted by Crippen LogP contribution is 2.41. The summed E-state index contributed by atoms with van der Waals surface area (Å²) in [5, 5.41) is 14.4. The summed E-state index contributed by atoms with van der Waals surface area (Å²) in [6.45, 7) is 0. The number of ether oxygens (including phenoxy) is 1. The molecule has 4 rings (SSSR count). The maximum absolute atomic E-state index is 13.1. The summed E-state index contributed by atoms with van der Waals surface area (Å²) in [5.41, 5.74) is 2.61. The van der Waals surface area contributed by atoms with Gasteiger partial charge in [-0.05, 0) is 35.9 Å². The highest BCUT2D eigenvalue weighted by atomic mass is 127. The van der Waals surface area contributed by atoms with E-state index in [1.807, 2.05) is 0 Å². The molecule has 1 saturated carbocycles. The van der Waals surface area contributed by atoms with Crippen molar-refractivity contribution in [1.82, 2.24) is 15.3 Å². The SMILES string of the molecule is COc1cc(C(=O)NC2CC2(F)F)ccc1Nc1ncc(-c2ccc(C#N)c(OI)c2)cn1. The van der Waals surface area contributed by atoms with Crippen molar-refractivity contribution < 1.29 is 21.4 Å². The first-order valence-corrected chi connectivity index (χ1v) is 10.5. The number of alkyl halides is 2. The molecular formula is C22H16F2IN5O3. The Bertz CT molecular complexity index is 1250. The minimum Gasteiger partial charge on any atom is -0.495 e. The summed E-state index contributed by atoms with van der Waals surface area (Å²) in [7, 11) is 1.43. The molecule has 0 bridgehead atoms. The van der Waals surface area contributed by atoms with Gasteiger partial charge in [0.1, 0.15) is 11.8 Å². The van der Waals surface area contributed by atoms with Crippen molar-refractivity contribution in [2.75, 3.05) is 12.4 Å². The number of hydrogen-bond donors (Lipinski definition) is 2. The number of nitrogens with one attached hydrogen (secondary N) is 2. The van der Waals surface area contributed by atoms with E-state index in [4.69, 9.17) is 13.1 Å². The summed E-state index contributed by atoms with van der Waals surface area (Å²) in [5.74, 6) is -2.38. The number of amides is 1. The van der Waals surface area contributed by atoms with Crippen LogP contribution in [-0.2, 0) is 0 Å². The van der Waals surface area contributed by atoms with Crippen LogP contribution in [0.5, 0.6) is 11.5 Å². The number of nitrogens with zero attached hydrogens (tertiary/aromatic N) is 3. The second-order valence-electron chi connectivity index (χ2n) is 7.23. The van der Waals surface area contributed by atoms with Crippen molar-refractivity contribution in [3.05, 3.63) is 59.9 Å². The van der Waals surface area contributed by atoms with Gasteiger partial charge in [-0.2, -0.15) is 5.26 Å². The Kier molecular flexibility index (Phi) is 6.28. The van der Waals surface area contributed by atoms with Crippen molar-refractivity contribution in [2.45, 2.75) is 18.4 Å². The number of halogens is 3. The third kappa shape index (κ3) is 4.95. The van der Waals surface area contributed by atoms with Gasteiger partial charge in [0.05, 0.1) is 24.4 Å². The lowest BCUT2D eigenvalue weighted by Gasteiger charge is -2.12. The molecule has 168 valence electrons. The number of hydrogen-bond acceptors (Lipinski definition) is 7. The molecule has 3 aromatic rings. The number of carbonyl (C=O) groups excluding carboxylic acids is 1. The van der Waals surface area contributed by atoms with Crippen LogP contribution in [0, 0.1) is 11.3 Å². The zero-order chi connectivity index (χ0) is 23.6. The Labute approximate surface area is 201 Å². The molecule has 0 aliphatic heterocycles. The van der Waals surface area contributed by atoms with Gasteiger partial charge in [-0.15, -0.1) is 0 Å². The van der Waals surface area contributed by atoms with Gasteiger partial charge in [-0.25, -0.2) is 18.7 Å². The number of nitriles is 1. The Morgan fingerprint density at radius 2 is 1.91 bits per heavy atom. The van der Waals surface area contributed by atoms with Crippen molar-refractivity contribution in [1.29, 1.82) is 5.26 Å². The number of carbonyl (C=O) groups is 1. The molecule has 0 radical (unpaired) electrons. The van der Waals surface area contributed by atoms with Crippen LogP contribution in [0.15, 0.2) is 48.8 Å². The molecule has 11 heteroatoms. The van der Waals surface area contributed by atoms with Crippen molar-refractivity contribution in [3.8, 4) is 28.7 Å². The Hall–Kier alpha value is -3.53. The Morgan fingerprint density at radius 1 is 1.18 bits per heavy atom. The molecule has 1 unspecified atom stereocenters. The van der Waals surface area contributed by atoms with E-state index >= 15 is 0 Å². The predicted molar refractivity (Wildman–Crippen MR) is 124 cm³/mol. The molecule has 1 heterocycles. The molecule has 33 heavy (non-hydrogen) atoms. The Balaban J connectivity index is 1.49. The molecule has 1 atom stereocenters. The van der Waals surface area contributed by atoms with E-state index in [-0.39, 0.29) is 17.9 Å². The lowest BCUT2D eigenvalue weighted by Crippen LogP contribution is -2.29. The van der Waals surface area contributed by atoms with Crippen molar-refractivity contribution in [2.24, 2.45) is 0 Å². The molecular weight excluding hydrogens is 547 g/mol. The minimum absolute atomic E-state index is 0.200. The quantitative estimate of drug-likeness (QED) is 0.404. The first kappa shape index (κ1) is 22.7. The summed E-state index contributed by atoms with van der Waals surface area (Å²) < 4.78 is 36.6. The molecule has 1 aromatic heterocycles. The van der Waals surface area contributed by atoms with Crippen LogP contribution in [0.3, 0.4) is 0 Å². The Morgan fingerprint density at radius 3 is 2.52 bits per heavy atom. The van der Waals surface area contributed by atoms with E-state index < -0.39 is 17.9 Å². The molecule has 1 amide bonds. The normalized spacial score (nSPS) is 15.8. The van der Waals surface area contributed by atoms with Crippen molar-refractivity contribution >= 4 is 40.5 Å². The van der Waals surface area contributed by atoms with Gasteiger partial charge in [0.2, 0.25) is 5.95 Å². The minimum atomic E-state index is -2.84. The van der Waals surface area contributed by atoms with Crippen molar-refractivity contribution in [3.63, 3.8) is 0 Å². The van der Waals surface area contributed by atoms with Gasteiger partial charge < -0.3 is 18.4 Å². The van der Waals surface area contributed by atoms with Crippen LogP contribution < -0.4 is 18.4 Å². The van der Waals surface area contributed by atoms with Gasteiger partial charge >= 0.3 is 0 Å². The van der Waals surface area contributed by atoms with E-state index in [9.17, 15) is 13.6 Å².